The molecule has 0 aromatic carbocycles. The number of hydrogen-bond donors (Lipinski definition) is 3. The summed E-state index contributed by atoms with van der Waals surface area (Å²) in [5.41, 5.74) is 5.87. The minimum Gasteiger partial charge on any atom is -0.396 e. The van der Waals surface area contributed by atoms with E-state index in [1.807, 2.05) is 19.0 Å². The predicted molar refractivity (Wildman–Crippen MR) is 76.6 cm³/mol. The Labute approximate surface area is 116 Å². The first-order valence-electron chi connectivity index (χ1n) is 6.30. The van der Waals surface area contributed by atoms with E-state index in [0.29, 0.717) is 11.4 Å². The van der Waals surface area contributed by atoms with Crippen LogP contribution in [0.15, 0.2) is 0 Å². The molecule has 1 aromatic heterocycles. The van der Waals surface area contributed by atoms with Crippen molar-refractivity contribution in [3.05, 3.63) is 4.88 Å². The van der Waals surface area contributed by atoms with Crippen LogP contribution in [0.4, 0.5) is 10.9 Å². The van der Waals surface area contributed by atoms with Crippen LogP contribution in [0.25, 0.3) is 0 Å². The Bertz CT molecular complexity index is 468. The van der Waals surface area contributed by atoms with Crippen LogP contribution in [0, 0.1) is 5.41 Å². The highest BCUT2D eigenvalue weighted by Crippen LogP contribution is 2.48. The Kier molecular flexibility index (Phi) is 3.96. The summed E-state index contributed by atoms with van der Waals surface area (Å²) in [5.74, 6) is 0.102. The Balaban J connectivity index is 1.96. The highest BCUT2D eigenvalue weighted by molar-refractivity contribution is 7.18. The van der Waals surface area contributed by atoms with E-state index in [1.165, 1.54) is 11.3 Å². The number of nitrogens with one attached hydrogen (secondary N) is 1. The fourth-order valence-corrected chi connectivity index (χ4v) is 2.78. The van der Waals surface area contributed by atoms with E-state index in [2.05, 4.69) is 10.3 Å². The average Bonchev–Trinajstić information content (AvgIpc) is 3.00. The Morgan fingerprint density at radius 1 is 1.58 bits per heavy atom. The topological polar surface area (TPSA) is 91.5 Å². The third-order valence-corrected chi connectivity index (χ3v) is 4.69. The largest absolute Gasteiger partial charge is 0.396 e. The van der Waals surface area contributed by atoms with Gasteiger partial charge in [0.25, 0.3) is 5.91 Å². The molecule has 1 aromatic rings. The van der Waals surface area contributed by atoms with Crippen molar-refractivity contribution in [3.63, 3.8) is 0 Å². The zero-order valence-electron chi connectivity index (χ0n) is 11.3. The molecule has 0 spiro atoms. The summed E-state index contributed by atoms with van der Waals surface area (Å²) in [6.45, 7) is 0.768. The zero-order valence-corrected chi connectivity index (χ0v) is 12.1. The number of aliphatic hydroxyl groups excluding tert-OH is 1. The number of hydrogen-bond acceptors (Lipinski definition) is 6. The van der Waals surface area contributed by atoms with Gasteiger partial charge in [0, 0.05) is 27.2 Å². The molecule has 19 heavy (non-hydrogen) atoms. The van der Waals surface area contributed by atoms with Crippen molar-refractivity contribution in [2.75, 3.05) is 37.9 Å². The van der Waals surface area contributed by atoms with Crippen molar-refractivity contribution in [1.29, 1.82) is 0 Å². The molecule has 0 saturated heterocycles. The van der Waals surface area contributed by atoms with Gasteiger partial charge in [-0.15, -0.1) is 0 Å². The lowest BCUT2D eigenvalue weighted by molar-refractivity contribution is 0.0945. The molecule has 1 heterocycles. The van der Waals surface area contributed by atoms with Crippen LogP contribution < -0.4 is 16.0 Å². The van der Waals surface area contributed by atoms with E-state index in [1.54, 1.807) is 0 Å². The molecule has 1 fully saturated rings. The first-order valence-corrected chi connectivity index (χ1v) is 7.12. The number of carbonyl (C=O) groups excluding carboxylic acids is 1. The van der Waals surface area contributed by atoms with Gasteiger partial charge in [0.2, 0.25) is 0 Å². The van der Waals surface area contributed by atoms with Gasteiger partial charge in [0.1, 0.15) is 10.7 Å². The normalized spacial score (nSPS) is 16.2. The Morgan fingerprint density at radius 3 is 2.74 bits per heavy atom. The van der Waals surface area contributed by atoms with Crippen LogP contribution in [0.2, 0.25) is 0 Å². The van der Waals surface area contributed by atoms with Crippen molar-refractivity contribution < 1.29 is 9.90 Å². The summed E-state index contributed by atoms with van der Waals surface area (Å²) in [7, 11) is 3.72. The van der Waals surface area contributed by atoms with Crippen molar-refractivity contribution in [2.24, 2.45) is 5.41 Å². The maximum atomic E-state index is 12.1. The van der Waals surface area contributed by atoms with Crippen LogP contribution in [-0.4, -0.2) is 43.2 Å². The second kappa shape index (κ2) is 5.34. The number of aliphatic hydroxyl groups is 1. The van der Waals surface area contributed by atoms with Gasteiger partial charge in [0.15, 0.2) is 5.13 Å². The molecule has 0 aliphatic heterocycles. The molecule has 1 saturated carbocycles. The average molecular weight is 284 g/mol. The molecule has 1 aliphatic rings. The van der Waals surface area contributed by atoms with Gasteiger partial charge in [-0.2, -0.15) is 0 Å². The molecule has 2 rings (SSSR count). The molecule has 0 radical (unpaired) electrons. The van der Waals surface area contributed by atoms with E-state index in [-0.39, 0.29) is 23.7 Å². The van der Waals surface area contributed by atoms with Crippen LogP contribution >= 0.6 is 11.3 Å². The third-order valence-electron chi connectivity index (χ3n) is 3.45. The molecule has 6 nitrogen and oxygen atoms in total. The fourth-order valence-electron chi connectivity index (χ4n) is 1.95. The first kappa shape index (κ1) is 14.1. The predicted octanol–water partition coefficient (Wildman–Crippen LogP) is 0.684. The van der Waals surface area contributed by atoms with Crippen molar-refractivity contribution in [2.45, 2.75) is 19.3 Å². The smallest absolute Gasteiger partial charge is 0.265 e. The van der Waals surface area contributed by atoms with Gasteiger partial charge in [-0.05, 0) is 24.7 Å². The van der Waals surface area contributed by atoms with Gasteiger partial charge >= 0.3 is 0 Å². The summed E-state index contributed by atoms with van der Waals surface area (Å²) in [5, 5.41) is 12.6. The second-order valence-corrected chi connectivity index (χ2v) is 6.24. The van der Waals surface area contributed by atoms with Crippen LogP contribution in [0.5, 0.6) is 0 Å². The molecule has 4 N–H and O–H groups in total. The summed E-state index contributed by atoms with van der Waals surface area (Å²) < 4.78 is 0. The van der Waals surface area contributed by atoms with Gasteiger partial charge in [0.05, 0.1) is 0 Å². The molecule has 7 heteroatoms. The van der Waals surface area contributed by atoms with Crippen LogP contribution in [-0.2, 0) is 0 Å². The molecule has 0 unspecified atom stereocenters. The van der Waals surface area contributed by atoms with Crippen LogP contribution in [0.3, 0.4) is 0 Å². The molecule has 106 valence electrons. The van der Waals surface area contributed by atoms with E-state index >= 15 is 0 Å². The standard InChI is InChI=1S/C12H20N4O2S/c1-16(2)11-15-9(13)8(19-11)10(18)14-7-12(3-4-12)5-6-17/h17H,3-7,13H2,1-2H3,(H,14,18). The highest BCUT2D eigenvalue weighted by Gasteiger charge is 2.42. The quantitative estimate of drug-likeness (QED) is 0.714. The number of amides is 1. The SMILES string of the molecule is CN(C)c1nc(N)c(C(=O)NCC2(CCO)CC2)s1. The minimum atomic E-state index is -0.174. The zero-order chi connectivity index (χ0) is 14.0. The molecular weight excluding hydrogens is 264 g/mol. The third kappa shape index (κ3) is 3.16. The molecule has 1 aliphatic carbocycles. The maximum absolute atomic E-state index is 12.1. The monoisotopic (exact) mass is 284 g/mol. The number of rotatable bonds is 6. The van der Waals surface area contributed by atoms with Gasteiger partial charge in [-0.1, -0.05) is 11.3 Å². The van der Waals surface area contributed by atoms with Crippen molar-refractivity contribution in [3.8, 4) is 0 Å². The van der Waals surface area contributed by atoms with Gasteiger partial charge in [-0.25, -0.2) is 4.98 Å². The molecule has 0 atom stereocenters. The first-order chi connectivity index (χ1) is 8.97. The summed E-state index contributed by atoms with van der Waals surface area (Å²) in [4.78, 5) is 18.5. The van der Waals surface area contributed by atoms with Crippen molar-refractivity contribution in [1.82, 2.24) is 10.3 Å². The lowest BCUT2D eigenvalue weighted by Crippen LogP contribution is -2.30. The number of nitrogen functional groups attached to an aromatic ring is 1. The maximum Gasteiger partial charge on any atom is 0.265 e. The highest BCUT2D eigenvalue weighted by atomic mass is 32.1. The van der Waals surface area contributed by atoms with E-state index in [4.69, 9.17) is 10.8 Å². The summed E-state index contributed by atoms with van der Waals surface area (Å²) in [6.07, 6.45) is 2.87. The number of nitrogens with zero attached hydrogens (tertiary/aromatic N) is 2. The van der Waals surface area contributed by atoms with E-state index in [9.17, 15) is 4.79 Å². The molecule has 0 bridgehead atoms. The summed E-state index contributed by atoms with van der Waals surface area (Å²) in [6, 6.07) is 0. The van der Waals surface area contributed by atoms with Gasteiger partial charge < -0.3 is 21.1 Å². The van der Waals surface area contributed by atoms with E-state index in [0.717, 1.165) is 24.4 Å². The fraction of sp³-hybridized carbons (Fsp3) is 0.667. The summed E-state index contributed by atoms with van der Waals surface area (Å²) >= 11 is 1.29. The lowest BCUT2D eigenvalue weighted by atomic mass is 10.0. The lowest BCUT2D eigenvalue weighted by Gasteiger charge is -2.13. The number of aromatic nitrogens is 1. The second-order valence-electron chi connectivity index (χ2n) is 5.26. The minimum absolute atomic E-state index is 0.105. The number of anilines is 2. The van der Waals surface area contributed by atoms with Crippen LogP contribution in [0.1, 0.15) is 28.9 Å². The number of nitrogens with two attached hydrogens (primary N) is 1. The molecule has 1 amide bonds. The number of thiazole rings is 1. The number of carbonyl (C=O) groups is 1. The Morgan fingerprint density at radius 2 is 2.26 bits per heavy atom. The Hall–Kier alpha value is -1.34. The van der Waals surface area contributed by atoms with E-state index < -0.39 is 0 Å². The van der Waals surface area contributed by atoms with Crippen molar-refractivity contribution >= 4 is 28.2 Å². The molecular formula is C12H20N4O2S. The van der Waals surface area contributed by atoms with Gasteiger partial charge in [-0.3, -0.25) is 4.79 Å².